The molecule has 0 spiro atoms. The summed E-state index contributed by atoms with van der Waals surface area (Å²) in [6, 6.07) is 13.3. The molecule has 0 heterocycles. The Morgan fingerprint density at radius 3 is 2.20 bits per heavy atom. The van der Waals surface area contributed by atoms with E-state index in [-0.39, 0.29) is 0 Å². The smallest absolute Gasteiger partial charge is 0.161 e. The Bertz CT molecular complexity index is 603. The molecule has 0 saturated carbocycles. The average Bonchev–Trinajstić information content (AvgIpc) is 2.46. The van der Waals surface area contributed by atoms with E-state index in [9.17, 15) is 5.11 Å². The lowest BCUT2D eigenvalue weighted by atomic mass is 9.85. The maximum absolute atomic E-state index is 10.9. The molecule has 0 aliphatic heterocycles. The highest BCUT2D eigenvalue weighted by molar-refractivity contribution is 5.48. The van der Waals surface area contributed by atoms with E-state index in [0.717, 1.165) is 16.7 Å². The molecule has 1 unspecified atom stereocenters. The highest BCUT2D eigenvalue weighted by Gasteiger charge is 2.28. The number of methoxy groups -OCH3 is 2. The molecule has 1 N–H and O–H groups in total. The zero-order valence-corrected chi connectivity index (χ0v) is 12.3. The molecule has 20 heavy (non-hydrogen) atoms. The van der Waals surface area contributed by atoms with Crippen LogP contribution in [0.15, 0.2) is 42.5 Å². The van der Waals surface area contributed by atoms with Gasteiger partial charge in [-0.05, 0) is 42.7 Å². The van der Waals surface area contributed by atoms with Gasteiger partial charge >= 0.3 is 0 Å². The van der Waals surface area contributed by atoms with Crippen LogP contribution in [0.3, 0.4) is 0 Å². The van der Waals surface area contributed by atoms with Crippen molar-refractivity contribution in [2.75, 3.05) is 14.2 Å². The minimum absolute atomic E-state index is 0.610. The monoisotopic (exact) mass is 272 g/mol. The highest BCUT2D eigenvalue weighted by Crippen LogP contribution is 2.36. The SMILES string of the molecule is COc1ccc(C(C)(O)c2ccccc2C)cc1OC. The molecule has 3 heteroatoms. The summed E-state index contributed by atoms with van der Waals surface area (Å²) in [6.07, 6.45) is 0. The first kappa shape index (κ1) is 14.4. The summed E-state index contributed by atoms with van der Waals surface area (Å²) < 4.78 is 10.5. The first-order valence-electron chi connectivity index (χ1n) is 6.51. The molecule has 2 aromatic rings. The lowest BCUT2D eigenvalue weighted by Gasteiger charge is -2.27. The zero-order chi connectivity index (χ0) is 14.8. The Balaban J connectivity index is 2.52. The van der Waals surface area contributed by atoms with Crippen LogP contribution in [-0.4, -0.2) is 19.3 Å². The third-order valence-corrected chi connectivity index (χ3v) is 3.62. The van der Waals surface area contributed by atoms with Crippen molar-refractivity contribution in [3.05, 3.63) is 59.2 Å². The number of hydrogen-bond donors (Lipinski definition) is 1. The Labute approximate surface area is 119 Å². The van der Waals surface area contributed by atoms with Crippen molar-refractivity contribution in [3.63, 3.8) is 0 Å². The van der Waals surface area contributed by atoms with Crippen LogP contribution in [0.5, 0.6) is 11.5 Å². The van der Waals surface area contributed by atoms with E-state index in [4.69, 9.17) is 9.47 Å². The van der Waals surface area contributed by atoms with Crippen LogP contribution < -0.4 is 9.47 Å². The van der Waals surface area contributed by atoms with Crippen LogP contribution in [0.4, 0.5) is 0 Å². The van der Waals surface area contributed by atoms with Crippen molar-refractivity contribution >= 4 is 0 Å². The summed E-state index contributed by atoms with van der Waals surface area (Å²) in [4.78, 5) is 0. The second-order valence-electron chi connectivity index (χ2n) is 4.96. The number of hydrogen-bond acceptors (Lipinski definition) is 3. The summed E-state index contributed by atoms with van der Waals surface area (Å²) >= 11 is 0. The lowest BCUT2D eigenvalue weighted by molar-refractivity contribution is 0.101. The highest BCUT2D eigenvalue weighted by atomic mass is 16.5. The van der Waals surface area contributed by atoms with Crippen LogP contribution >= 0.6 is 0 Å². The molecular formula is C17H20O3. The van der Waals surface area contributed by atoms with Gasteiger partial charge in [0.1, 0.15) is 5.60 Å². The van der Waals surface area contributed by atoms with Crippen molar-refractivity contribution in [3.8, 4) is 11.5 Å². The maximum atomic E-state index is 10.9. The van der Waals surface area contributed by atoms with Crippen LogP contribution in [0, 0.1) is 6.92 Å². The normalized spacial score (nSPS) is 13.7. The summed E-state index contributed by atoms with van der Waals surface area (Å²) in [7, 11) is 3.18. The lowest BCUT2D eigenvalue weighted by Crippen LogP contribution is -2.24. The molecule has 3 nitrogen and oxygen atoms in total. The van der Waals surface area contributed by atoms with Gasteiger partial charge in [0.05, 0.1) is 14.2 Å². The quantitative estimate of drug-likeness (QED) is 0.928. The van der Waals surface area contributed by atoms with Gasteiger partial charge in [0.15, 0.2) is 11.5 Å². The molecule has 0 bridgehead atoms. The first-order valence-corrected chi connectivity index (χ1v) is 6.51. The van der Waals surface area contributed by atoms with Gasteiger partial charge in [0, 0.05) is 0 Å². The van der Waals surface area contributed by atoms with Crippen molar-refractivity contribution in [2.45, 2.75) is 19.4 Å². The average molecular weight is 272 g/mol. The largest absolute Gasteiger partial charge is 0.493 e. The van der Waals surface area contributed by atoms with Crippen molar-refractivity contribution in [1.82, 2.24) is 0 Å². The molecule has 2 rings (SSSR count). The third-order valence-electron chi connectivity index (χ3n) is 3.62. The van der Waals surface area contributed by atoms with Gasteiger partial charge in [-0.1, -0.05) is 30.3 Å². The van der Waals surface area contributed by atoms with Crippen molar-refractivity contribution in [1.29, 1.82) is 0 Å². The summed E-state index contributed by atoms with van der Waals surface area (Å²) in [5, 5.41) is 10.9. The molecule has 0 radical (unpaired) electrons. The van der Waals surface area contributed by atoms with Crippen LogP contribution in [0.1, 0.15) is 23.6 Å². The van der Waals surface area contributed by atoms with Gasteiger partial charge < -0.3 is 14.6 Å². The molecule has 2 aromatic carbocycles. The standard InChI is InChI=1S/C17H20O3/c1-12-7-5-6-8-14(12)17(2,18)13-9-10-15(19-3)16(11-13)20-4/h5-11,18H,1-4H3. The fraction of sp³-hybridized carbons (Fsp3) is 0.294. The molecule has 0 fully saturated rings. The van der Waals surface area contributed by atoms with E-state index >= 15 is 0 Å². The summed E-state index contributed by atoms with van der Waals surface area (Å²) in [5.74, 6) is 1.26. The molecule has 0 aliphatic carbocycles. The summed E-state index contributed by atoms with van der Waals surface area (Å²) in [6.45, 7) is 3.78. The second-order valence-corrected chi connectivity index (χ2v) is 4.96. The molecule has 0 saturated heterocycles. The van der Waals surface area contributed by atoms with Crippen molar-refractivity contribution < 1.29 is 14.6 Å². The molecule has 106 valence electrons. The Morgan fingerprint density at radius 1 is 0.950 bits per heavy atom. The van der Waals surface area contributed by atoms with Gasteiger partial charge in [0.2, 0.25) is 0 Å². The van der Waals surface area contributed by atoms with Gasteiger partial charge in [0.25, 0.3) is 0 Å². The number of rotatable bonds is 4. The Kier molecular flexibility index (Phi) is 4.00. The van der Waals surface area contributed by atoms with E-state index in [1.54, 1.807) is 27.2 Å². The molecule has 1 atom stereocenters. The zero-order valence-electron chi connectivity index (χ0n) is 12.3. The van der Waals surface area contributed by atoms with Crippen molar-refractivity contribution in [2.24, 2.45) is 0 Å². The number of aliphatic hydroxyl groups is 1. The molecular weight excluding hydrogens is 252 g/mol. The molecule has 0 amide bonds. The fourth-order valence-corrected chi connectivity index (χ4v) is 2.41. The maximum Gasteiger partial charge on any atom is 0.161 e. The predicted molar refractivity (Wildman–Crippen MR) is 79.4 cm³/mol. The van der Waals surface area contributed by atoms with Gasteiger partial charge in [-0.25, -0.2) is 0 Å². The van der Waals surface area contributed by atoms with E-state index < -0.39 is 5.60 Å². The Morgan fingerprint density at radius 2 is 1.60 bits per heavy atom. The second kappa shape index (κ2) is 5.55. The van der Waals surface area contributed by atoms with E-state index in [1.807, 2.05) is 43.3 Å². The van der Waals surface area contributed by atoms with E-state index in [0.29, 0.717) is 11.5 Å². The molecule has 0 aliphatic rings. The topological polar surface area (TPSA) is 38.7 Å². The van der Waals surface area contributed by atoms with Gasteiger partial charge in [-0.2, -0.15) is 0 Å². The minimum Gasteiger partial charge on any atom is -0.493 e. The Hall–Kier alpha value is -2.00. The van der Waals surface area contributed by atoms with Crippen LogP contribution in [0.2, 0.25) is 0 Å². The fourth-order valence-electron chi connectivity index (χ4n) is 2.41. The van der Waals surface area contributed by atoms with Crippen LogP contribution in [-0.2, 0) is 5.60 Å². The molecule has 0 aromatic heterocycles. The number of aryl methyl sites for hydroxylation is 1. The van der Waals surface area contributed by atoms with Crippen LogP contribution in [0.25, 0.3) is 0 Å². The third kappa shape index (κ3) is 2.49. The van der Waals surface area contributed by atoms with E-state index in [1.165, 1.54) is 0 Å². The minimum atomic E-state index is -1.08. The van der Waals surface area contributed by atoms with Gasteiger partial charge in [-0.15, -0.1) is 0 Å². The summed E-state index contributed by atoms with van der Waals surface area (Å²) in [5.41, 5.74) is 1.62. The number of benzene rings is 2. The predicted octanol–water partition coefficient (Wildman–Crippen LogP) is 3.27. The first-order chi connectivity index (χ1) is 9.50. The van der Waals surface area contributed by atoms with E-state index in [2.05, 4.69) is 0 Å². The van der Waals surface area contributed by atoms with Gasteiger partial charge in [-0.3, -0.25) is 0 Å². The number of ether oxygens (including phenoxy) is 2.